The van der Waals surface area contributed by atoms with Crippen molar-refractivity contribution in [2.45, 2.75) is 20.8 Å². The van der Waals surface area contributed by atoms with E-state index in [0.717, 1.165) is 5.57 Å². The van der Waals surface area contributed by atoms with Crippen molar-refractivity contribution in [3.8, 4) is 0 Å². The number of hydrogen-bond donors (Lipinski definition) is 0. The van der Waals surface area contributed by atoms with Crippen LogP contribution in [-0.2, 0) is 0 Å². The zero-order valence-electron chi connectivity index (χ0n) is 6.81. The lowest BCUT2D eigenvalue weighted by Crippen LogP contribution is -1.62. The fourth-order valence-corrected chi connectivity index (χ4v) is 0.438. The molecule has 1 rings (SSSR count). The maximum Gasteiger partial charge on any atom is -0.000703 e. The van der Waals surface area contributed by atoms with Crippen molar-refractivity contribution in [2.75, 3.05) is 0 Å². The summed E-state index contributed by atoms with van der Waals surface area (Å²) in [6, 6.07) is 0. The second-order valence-electron chi connectivity index (χ2n) is 1.48. The molecule has 2 N–H and O–H groups in total. The van der Waals surface area contributed by atoms with Gasteiger partial charge in [0.25, 0.3) is 0 Å². The maximum absolute atomic E-state index is 2.91. The van der Waals surface area contributed by atoms with Crippen LogP contribution >= 0.6 is 0 Å². The van der Waals surface area contributed by atoms with Crippen LogP contribution in [0.25, 0.3) is 0 Å². The van der Waals surface area contributed by atoms with Crippen LogP contribution in [0.1, 0.15) is 20.8 Å². The Kier molecular flexibility index (Phi) is 9.40. The maximum atomic E-state index is 2.91. The van der Waals surface area contributed by atoms with E-state index in [1.807, 2.05) is 39.0 Å². The van der Waals surface area contributed by atoms with Crippen LogP contribution in [0.2, 0.25) is 0 Å². The van der Waals surface area contributed by atoms with Gasteiger partial charge < -0.3 is 0 Å². The fraction of sp³-hybridized carbons (Fsp3) is 0.333. The molecule has 1 aliphatic rings. The summed E-state index contributed by atoms with van der Waals surface area (Å²) in [5.74, 6) is 0. The van der Waals surface area contributed by atoms with Crippen LogP contribution in [0.5, 0.6) is 0 Å². The Balaban J connectivity index is 0. The summed E-state index contributed by atoms with van der Waals surface area (Å²) in [5.41, 5.74) is 6.88. The van der Waals surface area contributed by atoms with E-state index in [0.29, 0.717) is 0 Å². The molecule has 0 unspecified atom stereocenters. The van der Waals surface area contributed by atoms with E-state index in [1.54, 1.807) is 0 Å². The highest BCUT2D eigenvalue weighted by atomic mass is 14.0. The van der Waals surface area contributed by atoms with Gasteiger partial charge in [-0.3, -0.25) is 6.15 Å². The van der Waals surface area contributed by atoms with Crippen LogP contribution in [0, 0.1) is 0 Å². The molecule has 0 atom stereocenters. The largest absolute Gasteiger partial charge is 0.274 e. The van der Waals surface area contributed by atoms with Crippen LogP contribution in [0.15, 0.2) is 35.3 Å². The summed E-state index contributed by atoms with van der Waals surface area (Å²) in [4.78, 5) is 0. The van der Waals surface area contributed by atoms with Gasteiger partial charge in [0.1, 0.15) is 0 Å². The topological polar surface area (TPSA) is 33.5 Å². The van der Waals surface area contributed by atoms with Crippen molar-refractivity contribution in [2.24, 2.45) is 0 Å². The molecule has 0 spiro atoms. The number of allylic oxidation sites excluding steroid dienone is 4. The molecule has 0 aromatic heterocycles. The minimum absolute atomic E-state index is 0. The van der Waals surface area contributed by atoms with Gasteiger partial charge in [-0.1, -0.05) is 37.5 Å². The van der Waals surface area contributed by atoms with Gasteiger partial charge in [0.2, 0.25) is 0 Å². The molecule has 55 valence electrons. The Bertz CT molecular complexity index is 187. The Morgan fingerprint density at radius 2 is 1.90 bits per heavy atom. The highest BCUT2D eigenvalue weighted by molar-refractivity contribution is 5.23. The monoisotopic (exact) mass is 136 g/mol. The van der Waals surface area contributed by atoms with Gasteiger partial charge in [-0.2, -0.15) is 0 Å². The molecule has 1 aliphatic carbocycles. The number of hydrogen-bond acceptors (Lipinski definition) is 0. The zero-order valence-corrected chi connectivity index (χ0v) is 6.81. The van der Waals surface area contributed by atoms with Gasteiger partial charge in [0, 0.05) is 0 Å². The average molecular weight is 136 g/mol. The Labute approximate surface area is 63.0 Å². The first-order valence-electron chi connectivity index (χ1n) is 3.24. The normalized spacial score (nSPS) is 10.9. The van der Waals surface area contributed by atoms with Crippen LogP contribution in [-0.4, -0.2) is 0 Å². The first-order valence-corrected chi connectivity index (χ1v) is 3.24. The molecule has 10 heavy (non-hydrogen) atoms. The minimum atomic E-state index is 0. The lowest BCUT2D eigenvalue weighted by Gasteiger charge is -1.81. The van der Waals surface area contributed by atoms with Crippen molar-refractivity contribution >= 4 is 0 Å². The first kappa shape index (κ1) is 11.8. The van der Waals surface area contributed by atoms with Gasteiger partial charge in [0.05, 0.1) is 0 Å². The molecule has 0 aromatic rings. The highest BCUT2D eigenvalue weighted by Crippen LogP contribution is 1.93. The lowest BCUT2D eigenvalue weighted by atomic mass is 10.2. The van der Waals surface area contributed by atoms with E-state index in [4.69, 9.17) is 0 Å². The van der Waals surface area contributed by atoms with Gasteiger partial charge in [-0.25, -0.2) is 0 Å². The molecule has 1 nitrogen and oxygen atoms in total. The summed E-state index contributed by atoms with van der Waals surface area (Å²) >= 11 is 0. The average Bonchev–Trinajstić information content (AvgIpc) is 1.94. The van der Waals surface area contributed by atoms with Crippen molar-refractivity contribution < 1.29 is 0 Å². The summed E-state index contributed by atoms with van der Waals surface area (Å²) in [5, 5.41) is 0. The quantitative estimate of drug-likeness (QED) is 0.459. The molecule has 0 saturated carbocycles. The second-order valence-corrected chi connectivity index (χ2v) is 1.48. The molecular formula is C9H14N. The van der Waals surface area contributed by atoms with Crippen LogP contribution < -0.4 is 6.15 Å². The highest BCUT2D eigenvalue weighted by Gasteiger charge is 1.75. The van der Waals surface area contributed by atoms with Gasteiger partial charge >= 0.3 is 0 Å². The third-order valence-corrected chi connectivity index (χ3v) is 0.795. The third-order valence-electron chi connectivity index (χ3n) is 0.795. The summed E-state index contributed by atoms with van der Waals surface area (Å²) in [6.45, 7) is 6.00. The van der Waals surface area contributed by atoms with Gasteiger partial charge in [0.15, 0.2) is 0 Å². The van der Waals surface area contributed by atoms with E-state index >= 15 is 0 Å². The summed E-state index contributed by atoms with van der Waals surface area (Å²) in [7, 11) is 0. The predicted molar refractivity (Wildman–Crippen MR) is 45.3 cm³/mol. The fourth-order valence-electron chi connectivity index (χ4n) is 0.438. The Hall–Kier alpha value is -1.00. The molecule has 0 aliphatic heterocycles. The van der Waals surface area contributed by atoms with Gasteiger partial charge in [-0.05, 0) is 18.6 Å². The molecule has 0 heterocycles. The number of rotatable bonds is 0. The molecule has 1 radical (unpaired) electrons. The van der Waals surface area contributed by atoms with Gasteiger partial charge in [-0.15, -0.1) is 0 Å². The molecule has 0 amide bonds. The third kappa shape index (κ3) is 5.14. The lowest BCUT2D eigenvalue weighted by molar-refractivity contribution is 1.50. The Morgan fingerprint density at radius 1 is 1.30 bits per heavy atom. The number of nitrogens with two attached hydrogens (primary N) is 1. The SMILES string of the molecule is CC.CC1=C=C=CC=C1.[NH2]. The van der Waals surface area contributed by atoms with E-state index in [9.17, 15) is 0 Å². The molecule has 0 fully saturated rings. The van der Waals surface area contributed by atoms with Crippen LogP contribution in [0.4, 0.5) is 0 Å². The van der Waals surface area contributed by atoms with Crippen molar-refractivity contribution in [1.29, 1.82) is 0 Å². The van der Waals surface area contributed by atoms with Crippen LogP contribution in [0.3, 0.4) is 0 Å². The van der Waals surface area contributed by atoms with E-state index < -0.39 is 0 Å². The first-order chi connectivity index (χ1) is 4.39. The smallest absolute Gasteiger partial charge is 0.000703 e. The minimum Gasteiger partial charge on any atom is -0.274 e. The Morgan fingerprint density at radius 3 is 2.10 bits per heavy atom. The van der Waals surface area contributed by atoms with Crippen molar-refractivity contribution in [3.05, 3.63) is 35.3 Å². The predicted octanol–water partition coefficient (Wildman–Crippen LogP) is 2.79. The standard InChI is InChI=1S/C7H6.C2H6.H2N/c1-7-5-3-2-4-6-7;1-2;/h2-3,5H,1H3;1-2H3;1H2. The van der Waals surface area contributed by atoms with E-state index in [2.05, 4.69) is 11.5 Å². The van der Waals surface area contributed by atoms with Crippen molar-refractivity contribution in [3.63, 3.8) is 0 Å². The van der Waals surface area contributed by atoms with E-state index in [-0.39, 0.29) is 6.15 Å². The van der Waals surface area contributed by atoms with Crippen molar-refractivity contribution in [1.82, 2.24) is 6.15 Å². The molecule has 1 heteroatoms. The second kappa shape index (κ2) is 8.00. The summed E-state index contributed by atoms with van der Waals surface area (Å²) in [6.07, 6.45) is 5.79. The molecule has 0 aromatic carbocycles. The molecule has 0 saturated heterocycles. The summed E-state index contributed by atoms with van der Waals surface area (Å²) < 4.78 is 0. The zero-order chi connectivity index (χ0) is 7.11. The van der Waals surface area contributed by atoms with E-state index in [1.165, 1.54) is 0 Å². The molecular weight excluding hydrogens is 122 g/mol. The molecule has 0 bridgehead atoms.